The van der Waals surface area contributed by atoms with E-state index in [-0.39, 0.29) is 23.4 Å². The lowest BCUT2D eigenvalue weighted by molar-refractivity contribution is 0.0899. The molecule has 0 unspecified atom stereocenters. The number of Topliss-reactive ketones (excluding diaryl/α,β-unsaturated/α-hetero) is 1. The second-order valence-corrected chi connectivity index (χ2v) is 9.75. The largest absolute Gasteiger partial charge is 0.371 e. The number of carbonyl (C=O) groups excluding carboxylic acids is 2. The van der Waals surface area contributed by atoms with Crippen molar-refractivity contribution in [2.24, 2.45) is 5.92 Å². The van der Waals surface area contributed by atoms with Crippen molar-refractivity contribution in [3.8, 4) is 0 Å². The van der Waals surface area contributed by atoms with E-state index >= 15 is 0 Å². The van der Waals surface area contributed by atoms with Gasteiger partial charge in [-0.3, -0.25) is 14.0 Å². The van der Waals surface area contributed by atoms with E-state index in [1.807, 2.05) is 19.1 Å². The van der Waals surface area contributed by atoms with Gasteiger partial charge >= 0.3 is 0 Å². The molecule has 1 N–H and O–H groups in total. The minimum atomic E-state index is -0.333. The molecule has 0 saturated carbocycles. The van der Waals surface area contributed by atoms with E-state index in [0.717, 1.165) is 42.9 Å². The van der Waals surface area contributed by atoms with Gasteiger partial charge in [-0.2, -0.15) is 0 Å². The van der Waals surface area contributed by atoms with E-state index in [2.05, 4.69) is 27.3 Å². The summed E-state index contributed by atoms with van der Waals surface area (Å²) in [6, 6.07) is 17.5. The molecule has 8 heteroatoms. The van der Waals surface area contributed by atoms with Gasteiger partial charge in [0.1, 0.15) is 17.2 Å². The number of halogens is 2. The molecule has 1 amide bonds. The average Bonchev–Trinajstić information content (AvgIpc) is 3.30. The Kier molecular flexibility index (Phi) is 7.24. The Hall–Kier alpha value is -3.71. The summed E-state index contributed by atoms with van der Waals surface area (Å²) in [5.41, 5.74) is 4.59. The van der Waals surface area contributed by atoms with Crippen LogP contribution in [0.15, 0.2) is 66.9 Å². The summed E-state index contributed by atoms with van der Waals surface area (Å²) < 4.78 is 14.9. The van der Waals surface area contributed by atoms with Gasteiger partial charge in [-0.1, -0.05) is 30.7 Å². The normalized spacial score (nSPS) is 14.2. The molecule has 0 radical (unpaired) electrons. The molecule has 0 spiro atoms. The number of benzene rings is 2. The lowest BCUT2D eigenvalue weighted by Gasteiger charge is -2.33. The van der Waals surface area contributed by atoms with E-state index in [1.54, 1.807) is 34.9 Å². The molecule has 5 rings (SSSR count). The number of nitrogens with zero attached hydrogens (tertiary/aromatic N) is 3. The fraction of sp³-hybridized carbons (Fsp3) is 0.276. The third-order valence-electron chi connectivity index (χ3n) is 6.95. The van der Waals surface area contributed by atoms with Gasteiger partial charge in [0, 0.05) is 43.0 Å². The third-order valence-corrected chi connectivity index (χ3v) is 7.18. The van der Waals surface area contributed by atoms with Crippen LogP contribution in [0.25, 0.3) is 5.65 Å². The number of rotatable bonds is 7. The zero-order chi connectivity index (χ0) is 25.9. The van der Waals surface area contributed by atoms with Crippen molar-refractivity contribution < 1.29 is 14.0 Å². The topological polar surface area (TPSA) is 66.7 Å². The maximum absolute atomic E-state index is 13.2. The van der Waals surface area contributed by atoms with E-state index in [1.165, 1.54) is 12.1 Å². The lowest BCUT2D eigenvalue weighted by atomic mass is 9.88. The zero-order valence-electron chi connectivity index (χ0n) is 20.6. The number of imidazole rings is 1. The molecule has 3 heterocycles. The van der Waals surface area contributed by atoms with Crippen molar-refractivity contribution in [1.29, 1.82) is 0 Å². The maximum Gasteiger partial charge on any atom is 0.270 e. The summed E-state index contributed by atoms with van der Waals surface area (Å²) in [7, 11) is 0. The predicted octanol–water partition coefficient (Wildman–Crippen LogP) is 5.72. The maximum atomic E-state index is 13.2. The number of ketones is 1. The minimum absolute atomic E-state index is 0.0429. The molecular formula is C29H28ClFN4O2. The fourth-order valence-corrected chi connectivity index (χ4v) is 5.06. The van der Waals surface area contributed by atoms with Crippen molar-refractivity contribution >= 4 is 34.6 Å². The van der Waals surface area contributed by atoms with E-state index < -0.39 is 0 Å². The predicted molar refractivity (Wildman–Crippen MR) is 143 cm³/mol. The number of aromatic nitrogens is 2. The van der Waals surface area contributed by atoms with Crippen LogP contribution < -0.4 is 10.2 Å². The Labute approximate surface area is 220 Å². The van der Waals surface area contributed by atoms with Gasteiger partial charge in [-0.15, -0.1) is 0 Å². The van der Waals surface area contributed by atoms with Gasteiger partial charge in [0.25, 0.3) is 5.91 Å². The summed E-state index contributed by atoms with van der Waals surface area (Å²) in [6.07, 6.45) is 3.88. The van der Waals surface area contributed by atoms with Gasteiger partial charge in [0.05, 0.1) is 10.7 Å². The van der Waals surface area contributed by atoms with E-state index in [4.69, 9.17) is 11.6 Å². The molecule has 2 aromatic carbocycles. The number of aryl methyl sites for hydroxylation is 1. The second-order valence-electron chi connectivity index (χ2n) is 9.32. The number of hydrogen-bond donors (Lipinski definition) is 1. The fourth-order valence-electron chi connectivity index (χ4n) is 4.89. The summed E-state index contributed by atoms with van der Waals surface area (Å²) >= 11 is 6.14. The van der Waals surface area contributed by atoms with E-state index in [0.29, 0.717) is 34.9 Å². The highest BCUT2D eigenvalue weighted by molar-refractivity contribution is 6.30. The Bertz CT molecular complexity index is 1430. The van der Waals surface area contributed by atoms with Gasteiger partial charge in [-0.05, 0) is 73.4 Å². The first kappa shape index (κ1) is 25.0. The first-order valence-corrected chi connectivity index (χ1v) is 12.9. The van der Waals surface area contributed by atoms with Crippen LogP contribution in [0.1, 0.15) is 51.9 Å². The summed E-state index contributed by atoms with van der Waals surface area (Å²) in [5, 5.41) is 3.55. The molecule has 37 heavy (non-hydrogen) atoms. The van der Waals surface area contributed by atoms with Crippen LogP contribution in [0.3, 0.4) is 0 Å². The van der Waals surface area contributed by atoms with Crippen LogP contribution in [0.2, 0.25) is 5.02 Å². The van der Waals surface area contributed by atoms with Crippen LogP contribution in [0.4, 0.5) is 10.1 Å². The number of hydrogen-bond acceptors (Lipinski definition) is 4. The minimum Gasteiger partial charge on any atom is -0.371 e. The summed E-state index contributed by atoms with van der Waals surface area (Å²) in [5.74, 6) is -0.479. The summed E-state index contributed by atoms with van der Waals surface area (Å²) in [4.78, 5) is 32.6. The molecule has 1 fully saturated rings. The highest BCUT2D eigenvalue weighted by Gasteiger charge is 2.26. The van der Waals surface area contributed by atoms with Crippen LogP contribution >= 0.6 is 11.6 Å². The van der Waals surface area contributed by atoms with Crippen molar-refractivity contribution in [3.05, 3.63) is 100 Å². The van der Waals surface area contributed by atoms with Crippen molar-refractivity contribution in [2.45, 2.75) is 32.7 Å². The quantitative estimate of drug-likeness (QED) is 0.318. The second kappa shape index (κ2) is 10.7. The Balaban J connectivity index is 1.18. The third kappa shape index (κ3) is 5.37. The first-order chi connectivity index (χ1) is 17.9. The monoisotopic (exact) mass is 518 g/mol. The van der Waals surface area contributed by atoms with Crippen molar-refractivity contribution in [2.75, 3.05) is 18.0 Å². The van der Waals surface area contributed by atoms with Gasteiger partial charge in [-0.25, -0.2) is 9.37 Å². The molecule has 0 bridgehead atoms. The van der Waals surface area contributed by atoms with Gasteiger partial charge in [0.2, 0.25) is 0 Å². The number of pyridine rings is 1. The Morgan fingerprint density at radius 3 is 2.41 bits per heavy atom. The smallest absolute Gasteiger partial charge is 0.270 e. The molecule has 2 aromatic heterocycles. The number of piperidine rings is 1. The number of carbonyl (C=O) groups is 2. The summed E-state index contributed by atoms with van der Waals surface area (Å²) in [6.45, 7) is 3.93. The van der Waals surface area contributed by atoms with Crippen LogP contribution in [0, 0.1) is 11.7 Å². The number of nitrogens with one attached hydrogen (secondary N) is 1. The first-order valence-electron chi connectivity index (χ1n) is 12.5. The Morgan fingerprint density at radius 1 is 1.03 bits per heavy atom. The van der Waals surface area contributed by atoms with E-state index in [9.17, 15) is 14.0 Å². The van der Waals surface area contributed by atoms with Gasteiger partial charge < -0.3 is 10.2 Å². The molecule has 6 nitrogen and oxygen atoms in total. The molecule has 0 aliphatic carbocycles. The molecule has 1 aliphatic heterocycles. The van der Waals surface area contributed by atoms with Crippen molar-refractivity contribution in [1.82, 2.24) is 14.7 Å². The lowest BCUT2D eigenvalue weighted by Crippen LogP contribution is -2.36. The molecule has 1 saturated heterocycles. The molecular weight excluding hydrogens is 491 g/mol. The molecule has 190 valence electrons. The number of amides is 1. The number of anilines is 1. The van der Waals surface area contributed by atoms with Crippen LogP contribution in [-0.2, 0) is 13.0 Å². The van der Waals surface area contributed by atoms with Crippen LogP contribution in [-0.4, -0.2) is 34.2 Å². The molecule has 4 aromatic rings. The Morgan fingerprint density at radius 2 is 1.73 bits per heavy atom. The standard InChI is InChI=1S/C29H28ClFN4O2/c1-2-25-27(35-18-22(30)7-12-26(35)33-25)29(37)32-17-19-3-10-24(11-4-19)34-15-13-21(14-16-34)28(36)20-5-8-23(31)9-6-20/h3-12,18,21H,2,13-17H2,1H3,(H,32,37). The highest BCUT2D eigenvalue weighted by atomic mass is 35.5. The van der Waals surface area contributed by atoms with Gasteiger partial charge in [0.15, 0.2) is 5.78 Å². The SMILES string of the molecule is CCc1nc2ccc(Cl)cn2c1C(=O)NCc1ccc(N2CCC(C(=O)c3ccc(F)cc3)CC2)cc1. The van der Waals surface area contributed by atoms with Crippen molar-refractivity contribution in [3.63, 3.8) is 0 Å². The zero-order valence-corrected chi connectivity index (χ0v) is 21.3. The average molecular weight is 519 g/mol. The molecule has 1 aliphatic rings. The highest BCUT2D eigenvalue weighted by Crippen LogP contribution is 2.26. The van der Waals surface area contributed by atoms with Crippen LogP contribution in [0.5, 0.6) is 0 Å². The number of fused-ring (bicyclic) bond motifs is 1. The molecule has 0 atom stereocenters.